The Hall–Kier alpha value is -2.47. The summed E-state index contributed by atoms with van der Waals surface area (Å²) in [6.45, 7) is 4.54. The standard InChI is InChI=1S/C20H22N2O3S/c1-4-25-18-8-6-5-7-17(18)21-20-22(14(2)13-26-20)19(23)15-9-11-16(24-3)12-10-15/h5-12,14H,4,13H2,1-3H3/t14-/m0/s1. The third-order valence-corrected chi connectivity index (χ3v) is 5.23. The van der Waals surface area contributed by atoms with E-state index in [0.29, 0.717) is 17.3 Å². The average molecular weight is 370 g/mol. The van der Waals surface area contributed by atoms with Crippen molar-refractivity contribution in [3.63, 3.8) is 0 Å². The summed E-state index contributed by atoms with van der Waals surface area (Å²) in [5.74, 6) is 2.21. The van der Waals surface area contributed by atoms with Crippen LogP contribution in [-0.2, 0) is 0 Å². The van der Waals surface area contributed by atoms with Crippen LogP contribution in [0.1, 0.15) is 24.2 Å². The third kappa shape index (κ3) is 3.85. The minimum Gasteiger partial charge on any atom is -0.497 e. The van der Waals surface area contributed by atoms with Crippen LogP contribution in [0.5, 0.6) is 11.5 Å². The minimum absolute atomic E-state index is 0.0576. The lowest BCUT2D eigenvalue weighted by molar-refractivity contribution is 0.0828. The van der Waals surface area contributed by atoms with Crippen molar-refractivity contribution >= 4 is 28.5 Å². The van der Waals surface area contributed by atoms with Crippen molar-refractivity contribution in [1.82, 2.24) is 4.90 Å². The quantitative estimate of drug-likeness (QED) is 0.785. The molecule has 3 rings (SSSR count). The van der Waals surface area contributed by atoms with Crippen LogP contribution < -0.4 is 9.47 Å². The molecule has 1 saturated heterocycles. The maximum absolute atomic E-state index is 13.0. The summed E-state index contributed by atoms with van der Waals surface area (Å²) in [4.78, 5) is 19.5. The molecule has 0 N–H and O–H groups in total. The molecule has 0 saturated carbocycles. The second kappa shape index (κ2) is 8.27. The second-order valence-electron chi connectivity index (χ2n) is 5.86. The lowest BCUT2D eigenvalue weighted by Gasteiger charge is -2.21. The number of ether oxygens (including phenoxy) is 2. The van der Waals surface area contributed by atoms with Gasteiger partial charge in [-0.1, -0.05) is 23.9 Å². The van der Waals surface area contributed by atoms with E-state index in [0.717, 1.165) is 22.9 Å². The number of rotatable bonds is 5. The van der Waals surface area contributed by atoms with Gasteiger partial charge in [0.2, 0.25) is 0 Å². The fourth-order valence-corrected chi connectivity index (χ4v) is 3.81. The van der Waals surface area contributed by atoms with Gasteiger partial charge in [-0.05, 0) is 50.2 Å². The molecule has 0 aromatic heterocycles. The molecule has 0 aliphatic carbocycles. The van der Waals surface area contributed by atoms with Crippen LogP contribution in [0.4, 0.5) is 5.69 Å². The molecule has 1 heterocycles. The SMILES string of the molecule is CCOc1ccccc1N=C1SC[C@H](C)N1C(=O)c1ccc(OC)cc1. The first-order valence-corrected chi connectivity index (χ1v) is 9.53. The number of hydrogen-bond donors (Lipinski definition) is 0. The van der Waals surface area contributed by atoms with Gasteiger partial charge in [-0.25, -0.2) is 4.99 Å². The zero-order valence-corrected chi connectivity index (χ0v) is 16.0. The van der Waals surface area contributed by atoms with Gasteiger partial charge < -0.3 is 9.47 Å². The Morgan fingerprint density at radius 1 is 1.23 bits per heavy atom. The van der Waals surface area contributed by atoms with E-state index in [4.69, 9.17) is 14.5 Å². The van der Waals surface area contributed by atoms with Crippen LogP contribution in [-0.4, -0.2) is 41.5 Å². The van der Waals surface area contributed by atoms with Gasteiger partial charge in [-0.3, -0.25) is 9.69 Å². The summed E-state index contributed by atoms with van der Waals surface area (Å²) in [6.07, 6.45) is 0. The lowest BCUT2D eigenvalue weighted by atomic mass is 10.1. The fraction of sp³-hybridized carbons (Fsp3) is 0.300. The van der Waals surface area contributed by atoms with Gasteiger partial charge >= 0.3 is 0 Å². The predicted molar refractivity (Wildman–Crippen MR) is 106 cm³/mol. The van der Waals surface area contributed by atoms with E-state index in [2.05, 4.69) is 0 Å². The Kier molecular flexibility index (Phi) is 5.83. The van der Waals surface area contributed by atoms with Crippen molar-refractivity contribution in [2.45, 2.75) is 19.9 Å². The molecule has 5 nitrogen and oxygen atoms in total. The number of benzene rings is 2. The summed E-state index contributed by atoms with van der Waals surface area (Å²) in [5.41, 5.74) is 1.35. The monoisotopic (exact) mass is 370 g/mol. The average Bonchev–Trinajstić information content (AvgIpc) is 3.03. The van der Waals surface area contributed by atoms with Gasteiger partial charge in [0.1, 0.15) is 17.2 Å². The topological polar surface area (TPSA) is 51.1 Å². The third-order valence-electron chi connectivity index (χ3n) is 4.04. The van der Waals surface area contributed by atoms with E-state index in [1.54, 1.807) is 48.0 Å². The van der Waals surface area contributed by atoms with Crippen LogP contribution in [0, 0.1) is 0 Å². The maximum Gasteiger partial charge on any atom is 0.260 e. The van der Waals surface area contributed by atoms with Crippen molar-refractivity contribution in [2.24, 2.45) is 4.99 Å². The van der Waals surface area contributed by atoms with Crippen LogP contribution in [0.25, 0.3) is 0 Å². The van der Waals surface area contributed by atoms with Crippen molar-refractivity contribution in [3.05, 3.63) is 54.1 Å². The highest BCUT2D eigenvalue weighted by Gasteiger charge is 2.33. The van der Waals surface area contributed by atoms with E-state index in [1.165, 1.54) is 0 Å². The fourth-order valence-electron chi connectivity index (χ4n) is 2.70. The largest absolute Gasteiger partial charge is 0.497 e. The smallest absolute Gasteiger partial charge is 0.260 e. The number of carbonyl (C=O) groups is 1. The van der Waals surface area contributed by atoms with Gasteiger partial charge in [0.15, 0.2) is 5.17 Å². The number of nitrogens with zero attached hydrogens (tertiary/aromatic N) is 2. The first-order chi connectivity index (χ1) is 12.6. The van der Waals surface area contributed by atoms with Gasteiger partial charge in [-0.2, -0.15) is 0 Å². The highest BCUT2D eigenvalue weighted by Crippen LogP contribution is 2.33. The predicted octanol–water partition coefficient (Wildman–Crippen LogP) is 4.36. The Morgan fingerprint density at radius 3 is 2.65 bits per heavy atom. The Labute approximate surface area is 158 Å². The molecular formula is C20H22N2O3S. The second-order valence-corrected chi connectivity index (χ2v) is 6.85. The van der Waals surface area contributed by atoms with E-state index in [1.807, 2.05) is 38.1 Å². The Bertz CT molecular complexity index is 805. The number of carbonyl (C=O) groups excluding carboxylic acids is 1. The molecule has 136 valence electrons. The molecule has 1 aliphatic rings. The number of amidine groups is 1. The van der Waals surface area contributed by atoms with E-state index >= 15 is 0 Å². The summed E-state index contributed by atoms with van der Waals surface area (Å²) >= 11 is 1.59. The first-order valence-electron chi connectivity index (χ1n) is 8.55. The zero-order valence-electron chi connectivity index (χ0n) is 15.1. The molecule has 6 heteroatoms. The molecule has 0 spiro atoms. The van der Waals surface area contributed by atoms with E-state index in [-0.39, 0.29) is 11.9 Å². The normalized spacial score (nSPS) is 18.2. The molecule has 1 aliphatic heterocycles. The van der Waals surface area contributed by atoms with Crippen LogP contribution >= 0.6 is 11.8 Å². The van der Waals surface area contributed by atoms with Gasteiger partial charge in [0.25, 0.3) is 5.91 Å². The van der Waals surface area contributed by atoms with Crippen molar-refractivity contribution < 1.29 is 14.3 Å². The van der Waals surface area contributed by atoms with Crippen molar-refractivity contribution in [3.8, 4) is 11.5 Å². The summed E-state index contributed by atoms with van der Waals surface area (Å²) in [6, 6.07) is 14.8. The summed E-state index contributed by atoms with van der Waals surface area (Å²) in [7, 11) is 1.61. The first kappa shape index (κ1) is 18.3. The molecule has 2 aromatic rings. The number of para-hydroxylation sites is 2. The number of thioether (sulfide) groups is 1. The molecule has 26 heavy (non-hydrogen) atoms. The molecule has 0 bridgehead atoms. The molecule has 1 amide bonds. The maximum atomic E-state index is 13.0. The summed E-state index contributed by atoms with van der Waals surface area (Å²) < 4.78 is 10.8. The molecular weight excluding hydrogens is 348 g/mol. The molecule has 1 atom stereocenters. The number of hydrogen-bond acceptors (Lipinski definition) is 5. The van der Waals surface area contributed by atoms with Crippen LogP contribution in [0.3, 0.4) is 0 Å². The Morgan fingerprint density at radius 2 is 1.96 bits per heavy atom. The molecule has 2 aromatic carbocycles. The number of aliphatic imine (C=N–C) groups is 1. The number of methoxy groups -OCH3 is 1. The number of amides is 1. The highest BCUT2D eigenvalue weighted by atomic mass is 32.2. The molecule has 0 radical (unpaired) electrons. The van der Waals surface area contributed by atoms with Crippen molar-refractivity contribution in [2.75, 3.05) is 19.5 Å². The van der Waals surface area contributed by atoms with Crippen molar-refractivity contribution in [1.29, 1.82) is 0 Å². The van der Waals surface area contributed by atoms with Crippen LogP contribution in [0.2, 0.25) is 0 Å². The van der Waals surface area contributed by atoms with Gasteiger partial charge in [0, 0.05) is 17.4 Å². The lowest BCUT2D eigenvalue weighted by Crippen LogP contribution is -2.37. The van der Waals surface area contributed by atoms with E-state index in [9.17, 15) is 4.79 Å². The minimum atomic E-state index is -0.0576. The van der Waals surface area contributed by atoms with Gasteiger partial charge in [-0.15, -0.1) is 0 Å². The summed E-state index contributed by atoms with van der Waals surface area (Å²) in [5, 5.41) is 0.700. The van der Waals surface area contributed by atoms with Gasteiger partial charge in [0.05, 0.1) is 13.7 Å². The molecule has 0 unspecified atom stereocenters. The molecule has 1 fully saturated rings. The highest BCUT2D eigenvalue weighted by molar-refractivity contribution is 8.14. The zero-order chi connectivity index (χ0) is 18.5. The van der Waals surface area contributed by atoms with Crippen LogP contribution in [0.15, 0.2) is 53.5 Å². The Balaban J connectivity index is 1.91. The van der Waals surface area contributed by atoms with E-state index < -0.39 is 0 Å².